The maximum absolute atomic E-state index is 13.7. The molecule has 6 rings (SSSR count). The number of amides is 1. The van der Waals surface area contributed by atoms with Gasteiger partial charge in [0.2, 0.25) is 0 Å². The first-order valence-electron chi connectivity index (χ1n) is 12.2. The number of carbonyl (C=O) groups excluding carboxylic acids is 1. The molecule has 1 fully saturated rings. The van der Waals surface area contributed by atoms with Gasteiger partial charge in [-0.2, -0.15) is 0 Å². The Morgan fingerprint density at radius 3 is 2.92 bits per heavy atom. The number of hydrogen-bond donors (Lipinski definition) is 2. The van der Waals surface area contributed by atoms with E-state index in [0.29, 0.717) is 29.5 Å². The largest absolute Gasteiger partial charge is 0.381 e. The highest BCUT2D eigenvalue weighted by atomic mass is 19.1. The third-order valence-corrected chi connectivity index (χ3v) is 7.10. The van der Waals surface area contributed by atoms with E-state index in [1.54, 1.807) is 12.3 Å². The van der Waals surface area contributed by atoms with Crippen LogP contribution in [0.4, 0.5) is 15.9 Å². The molecule has 184 valence electrons. The molecular formula is C28H28FN5O2. The van der Waals surface area contributed by atoms with Crippen LogP contribution in [0.3, 0.4) is 0 Å². The van der Waals surface area contributed by atoms with E-state index < -0.39 is 0 Å². The van der Waals surface area contributed by atoms with Crippen molar-refractivity contribution in [3.05, 3.63) is 81.8 Å². The van der Waals surface area contributed by atoms with E-state index in [0.717, 1.165) is 54.1 Å². The van der Waals surface area contributed by atoms with Gasteiger partial charge in [-0.15, -0.1) is 0 Å². The average Bonchev–Trinajstić information content (AvgIpc) is 3.60. The predicted octanol–water partition coefficient (Wildman–Crippen LogP) is 4.26. The number of aliphatic imine (C=N–C) groups is 1. The molecule has 2 aromatic rings. The molecule has 1 unspecified atom stereocenters. The molecule has 1 aromatic heterocycles. The minimum absolute atomic E-state index is 0.121. The van der Waals surface area contributed by atoms with Crippen LogP contribution in [0.25, 0.3) is 5.57 Å². The number of rotatable bonds is 6. The van der Waals surface area contributed by atoms with E-state index in [1.807, 2.05) is 32.3 Å². The van der Waals surface area contributed by atoms with Gasteiger partial charge in [0.1, 0.15) is 11.6 Å². The Labute approximate surface area is 209 Å². The highest BCUT2D eigenvalue weighted by Crippen LogP contribution is 2.38. The molecule has 0 bridgehead atoms. The highest BCUT2D eigenvalue weighted by molar-refractivity contribution is 6.17. The van der Waals surface area contributed by atoms with E-state index >= 15 is 0 Å². The quantitative estimate of drug-likeness (QED) is 0.639. The summed E-state index contributed by atoms with van der Waals surface area (Å²) in [5, 5.41) is 6.36. The molecule has 2 N–H and O–H groups in total. The SMILES string of the molecule is CN(C)Cc1nc(Nc2ccc(C3=C4C=CC(F)=CC4N=C3)c3c2C(=O)NC3)ccc1[C@@H]1CCOC1. The Hall–Kier alpha value is -3.62. The van der Waals surface area contributed by atoms with Gasteiger partial charge in [0.25, 0.3) is 5.91 Å². The fraction of sp³-hybridized carbons (Fsp3) is 0.321. The maximum atomic E-state index is 13.7. The molecule has 2 atom stereocenters. The summed E-state index contributed by atoms with van der Waals surface area (Å²) in [4.78, 5) is 24.4. The van der Waals surface area contributed by atoms with Crippen LogP contribution < -0.4 is 10.6 Å². The first-order chi connectivity index (χ1) is 17.5. The van der Waals surface area contributed by atoms with Crippen molar-refractivity contribution in [3.63, 3.8) is 0 Å². The molecule has 3 aliphatic heterocycles. The zero-order chi connectivity index (χ0) is 24.8. The lowest BCUT2D eigenvalue weighted by molar-refractivity contribution is 0.0966. The van der Waals surface area contributed by atoms with Crippen LogP contribution in [0, 0.1) is 0 Å². The van der Waals surface area contributed by atoms with E-state index in [9.17, 15) is 9.18 Å². The van der Waals surface area contributed by atoms with Crippen molar-refractivity contribution in [1.82, 2.24) is 15.2 Å². The maximum Gasteiger partial charge on any atom is 0.254 e. The van der Waals surface area contributed by atoms with Gasteiger partial charge in [-0.1, -0.05) is 18.2 Å². The summed E-state index contributed by atoms with van der Waals surface area (Å²) in [6.45, 7) is 2.66. The highest BCUT2D eigenvalue weighted by Gasteiger charge is 2.30. The lowest BCUT2D eigenvalue weighted by Crippen LogP contribution is -2.16. The Morgan fingerprint density at radius 1 is 1.22 bits per heavy atom. The normalized spacial score (nSPS) is 22.2. The molecule has 4 heterocycles. The summed E-state index contributed by atoms with van der Waals surface area (Å²) in [5.74, 6) is 0.657. The molecule has 8 heteroatoms. The number of halogens is 1. The standard InChI is InChI=1S/C28H28FN5O2/c1-34(2)14-25-18(16-9-10-36-15-16)6-8-26(33-25)32-23-7-5-19(22-13-31-28(35)27(22)23)21-12-30-24-11-17(29)3-4-20(21)24/h3-8,11-12,16,24H,9-10,13-15H2,1-2H3,(H,31,35)(H,32,33)/t16-,24?/m1/s1. The van der Waals surface area contributed by atoms with Gasteiger partial charge in [-0.3, -0.25) is 9.79 Å². The predicted molar refractivity (Wildman–Crippen MR) is 138 cm³/mol. The van der Waals surface area contributed by atoms with Crippen molar-refractivity contribution in [2.75, 3.05) is 32.6 Å². The van der Waals surface area contributed by atoms with Gasteiger partial charge in [-0.25, -0.2) is 9.37 Å². The topological polar surface area (TPSA) is 78.9 Å². The van der Waals surface area contributed by atoms with Crippen LogP contribution in [0.15, 0.2) is 58.9 Å². The second-order valence-electron chi connectivity index (χ2n) is 9.83. The van der Waals surface area contributed by atoms with Crippen molar-refractivity contribution >= 4 is 29.2 Å². The number of benzene rings is 1. The Kier molecular flexibility index (Phi) is 5.78. The van der Waals surface area contributed by atoms with E-state index in [2.05, 4.69) is 26.6 Å². The number of nitrogens with one attached hydrogen (secondary N) is 2. The Morgan fingerprint density at radius 2 is 2.11 bits per heavy atom. The molecule has 4 aliphatic rings. The molecule has 36 heavy (non-hydrogen) atoms. The van der Waals surface area contributed by atoms with Crippen LogP contribution in [0.1, 0.15) is 45.1 Å². The average molecular weight is 486 g/mol. The number of carbonyl (C=O) groups is 1. The molecule has 1 aromatic carbocycles. The summed E-state index contributed by atoms with van der Waals surface area (Å²) >= 11 is 0. The van der Waals surface area contributed by atoms with Crippen molar-refractivity contribution in [2.45, 2.75) is 31.5 Å². The zero-order valence-electron chi connectivity index (χ0n) is 20.3. The van der Waals surface area contributed by atoms with Crippen LogP contribution in [0.2, 0.25) is 0 Å². The second-order valence-corrected chi connectivity index (χ2v) is 9.83. The Bertz CT molecular complexity index is 1370. The Balaban J connectivity index is 1.36. The van der Waals surface area contributed by atoms with Crippen LogP contribution in [0.5, 0.6) is 0 Å². The summed E-state index contributed by atoms with van der Waals surface area (Å²) in [7, 11) is 4.07. The number of ether oxygens (including phenoxy) is 1. The number of anilines is 2. The van der Waals surface area contributed by atoms with Gasteiger partial charge in [-0.05, 0) is 67.1 Å². The molecule has 7 nitrogen and oxygen atoms in total. The van der Waals surface area contributed by atoms with Crippen molar-refractivity contribution in [3.8, 4) is 0 Å². The monoisotopic (exact) mass is 485 g/mol. The summed E-state index contributed by atoms with van der Waals surface area (Å²) in [5.41, 5.74) is 7.29. The molecule has 1 amide bonds. The molecule has 1 saturated heterocycles. The van der Waals surface area contributed by atoms with Gasteiger partial charge < -0.3 is 20.3 Å². The number of nitrogens with zero attached hydrogens (tertiary/aromatic N) is 3. The van der Waals surface area contributed by atoms with E-state index in [-0.39, 0.29) is 17.8 Å². The fourth-order valence-corrected chi connectivity index (χ4v) is 5.39. The number of fused-ring (bicyclic) bond motifs is 2. The zero-order valence-corrected chi connectivity index (χ0v) is 20.3. The lowest BCUT2D eigenvalue weighted by atomic mass is 9.90. The number of hydrogen-bond acceptors (Lipinski definition) is 6. The smallest absolute Gasteiger partial charge is 0.254 e. The van der Waals surface area contributed by atoms with Gasteiger partial charge in [0.05, 0.1) is 29.6 Å². The molecule has 1 aliphatic carbocycles. The molecular weight excluding hydrogens is 457 g/mol. The third-order valence-electron chi connectivity index (χ3n) is 7.10. The van der Waals surface area contributed by atoms with Gasteiger partial charge in [0.15, 0.2) is 0 Å². The molecule has 0 spiro atoms. The fourth-order valence-electron chi connectivity index (χ4n) is 5.39. The molecule has 0 radical (unpaired) electrons. The number of allylic oxidation sites excluding steroid dienone is 3. The van der Waals surface area contributed by atoms with Crippen LogP contribution in [-0.2, 0) is 17.8 Å². The number of aromatic nitrogens is 1. The first kappa shape index (κ1) is 22.8. The lowest BCUT2D eigenvalue weighted by Gasteiger charge is -2.19. The van der Waals surface area contributed by atoms with Crippen LogP contribution in [-0.4, -0.2) is 55.4 Å². The van der Waals surface area contributed by atoms with E-state index in [1.165, 1.54) is 17.7 Å². The summed E-state index contributed by atoms with van der Waals surface area (Å²) < 4.78 is 19.3. The van der Waals surface area contributed by atoms with Gasteiger partial charge in [0, 0.05) is 37.4 Å². The minimum Gasteiger partial charge on any atom is -0.381 e. The van der Waals surface area contributed by atoms with Crippen molar-refractivity contribution < 1.29 is 13.9 Å². The minimum atomic E-state index is -0.313. The first-order valence-corrected chi connectivity index (χ1v) is 12.2. The summed E-state index contributed by atoms with van der Waals surface area (Å²) in [6.07, 6.45) is 7.53. The second kappa shape index (κ2) is 9.11. The third kappa shape index (κ3) is 4.06. The van der Waals surface area contributed by atoms with Crippen LogP contribution >= 0.6 is 0 Å². The number of pyridine rings is 1. The van der Waals surface area contributed by atoms with E-state index in [4.69, 9.17) is 9.72 Å². The summed E-state index contributed by atoms with van der Waals surface area (Å²) in [6, 6.07) is 7.72. The molecule has 0 saturated carbocycles. The van der Waals surface area contributed by atoms with Crippen molar-refractivity contribution in [1.29, 1.82) is 0 Å². The van der Waals surface area contributed by atoms with Gasteiger partial charge >= 0.3 is 0 Å². The van der Waals surface area contributed by atoms with Crippen molar-refractivity contribution in [2.24, 2.45) is 4.99 Å².